The number of nitrogens with zero attached hydrogens (tertiary/aromatic N) is 1. The van der Waals surface area contributed by atoms with Gasteiger partial charge < -0.3 is 19.5 Å². The van der Waals surface area contributed by atoms with Crippen molar-refractivity contribution in [3.63, 3.8) is 0 Å². The van der Waals surface area contributed by atoms with Crippen molar-refractivity contribution in [3.8, 4) is 11.5 Å². The molecule has 5 nitrogen and oxygen atoms in total. The van der Waals surface area contributed by atoms with E-state index in [0.29, 0.717) is 25.7 Å². The van der Waals surface area contributed by atoms with Gasteiger partial charge in [0, 0.05) is 23.6 Å². The zero-order valence-corrected chi connectivity index (χ0v) is 19.6. The molecule has 1 atom stereocenters. The number of ether oxygens (including phenoxy) is 2. The average Bonchev–Trinajstić information content (AvgIpc) is 3.14. The number of benzene rings is 2. The van der Waals surface area contributed by atoms with Gasteiger partial charge in [-0.1, -0.05) is 43.3 Å². The normalized spacial score (nSPS) is 17.8. The van der Waals surface area contributed by atoms with Crippen LogP contribution in [-0.4, -0.2) is 48.8 Å². The SMILES string of the molecule is CC(CCCOc1ccc2c(c1)OCC21CCN(CCC(=O)O)CC1)c1ccccc1.Cl. The Morgan fingerprint density at radius 2 is 1.94 bits per heavy atom. The van der Waals surface area contributed by atoms with Gasteiger partial charge in [-0.25, -0.2) is 0 Å². The monoisotopic (exact) mass is 459 g/mol. The lowest BCUT2D eigenvalue weighted by Gasteiger charge is -2.38. The summed E-state index contributed by atoms with van der Waals surface area (Å²) in [6, 6.07) is 16.9. The van der Waals surface area contributed by atoms with E-state index < -0.39 is 5.97 Å². The summed E-state index contributed by atoms with van der Waals surface area (Å²) in [7, 11) is 0. The summed E-state index contributed by atoms with van der Waals surface area (Å²) in [5, 5.41) is 8.90. The van der Waals surface area contributed by atoms with Gasteiger partial charge in [-0.2, -0.15) is 0 Å². The molecule has 0 saturated carbocycles. The van der Waals surface area contributed by atoms with Crippen molar-refractivity contribution in [2.24, 2.45) is 0 Å². The highest BCUT2D eigenvalue weighted by molar-refractivity contribution is 5.85. The van der Waals surface area contributed by atoms with Crippen molar-refractivity contribution < 1.29 is 19.4 Å². The number of fused-ring (bicyclic) bond motifs is 2. The summed E-state index contributed by atoms with van der Waals surface area (Å²) in [6.07, 6.45) is 4.36. The second-order valence-electron chi connectivity index (χ2n) is 9.01. The molecule has 0 aromatic heterocycles. The van der Waals surface area contributed by atoms with Crippen LogP contribution in [0.3, 0.4) is 0 Å². The van der Waals surface area contributed by atoms with E-state index in [4.69, 9.17) is 14.6 Å². The predicted molar refractivity (Wildman–Crippen MR) is 128 cm³/mol. The highest BCUT2D eigenvalue weighted by Crippen LogP contribution is 2.46. The predicted octanol–water partition coefficient (Wildman–Crippen LogP) is 5.27. The molecule has 4 rings (SSSR count). The molecule has 0 radical (unpaired) electrons. The summed E-state index contributed by atoms with van der Waals surface area (Å²) in [5.41, 5.74) is 2.74. The number of aliphatic carboxylic acids is 1. The van der Waals surface area contributed by atoms with E-state index in [1.807, 2.05) is 6.07 Å². The first-order valence-corrected chi connectivity index (χ1v) is 11.4. The van der Waals surface area contributed by atoms with E-state index in [9.17, 15) is 4.79 Å². The van der Waals surface area contributed by atoms with Crippen LogP contribution in [0.25, 0.3) is 0 Å². The molecule has 2 aromatic carbocycles. The van der Waals surface area contributed by atoms with Crippen molar-refractivity contribution in [2.45, 2.75) is 50.4 Å². The quantitative estimate of drug-likeness (QED) is 0.517. The second-order valence-corrected chi connectivity index (χ2v) is 9.01. The van der Waals surface area contributed by atoms with Gasteiger partial charge in [-0.15, -0.1) is 12.4 Å². The zero-order valence-electron chi connectivity index (χ0n) is 18.8. The van der Waals surface area contributed by atoms with Crippen LogP contribution < -0.4 is 9.47 Å². The maximum absolute atomic E-state index is 10.8. The fourth-order valence-electron chi connectivity index (χ4n) is 4.84. The Balaban J connectivity index is 0.00000289. The van der Waals surface area contributed by atoms with Gasteiger partial charge in [0.2, 0.25) is 0 Å². The van der Waals surface area contributed by atoms with Crippen molar-refractivity contribution in [1.29, 1.82) is 0 Å². The molecule has 0 bridgehead atoms. The van der Waals surface area contributed by atoms with E-state index in [1.54, 1.807) is 0 Å². The van der Waals surface area contributed by atoms with E-state index in [1.165, 1.54) is 11.1 Å². The topological polar surface area (TPSA) is 59.0 Å². The Hall–Kier alpha value is -2.24. The Bertz CT molecular complexity index is 881. The van der Waals surface area contributed by atoms with Gasteiger partial charge in [-0.3, -0.25) is 4.79 Å². The third kappa shape index (κ3) is 5.76. The maximum atomic E-state index is 10.8. The van der Waals surface area contributed by atoms with Crippen molar-refractivity contribution in [2.75, 3.05) is 32.8 Å². The summed E-state index contributed by atoms with van der Waals surface area (Å²) < 4.78 is 12.1. The molecule has 0 amide bonds. The molecular formula is C26H34ClNO4. The minimum Gasteiger partial charge on any atom is -0.493 e. The summed E-state index contributed by atoms with van der Waals surface area (Å²) in [6.45, 7) is 6.18. The van der Waals surface area contributed by atoms with Gasteiger partial charge in [-0.05, 0) is 56.3 Å². The smallest absolute Gasteiger partial charge is 0.304 e. The molecule has 2 aromatic rings. The molecule has 2 heterocycles. The lowest BCUT2D eigenvalue weighted by atomic mass is 9.74. The van der Waals surface area contributed by atoms with Crippen LogP contribution in [0, 0.1) is 0 Å². The van der Waals surface area contributed by atoms with Gasteiger partial charge in [0.15, 0.2) is 0 Å². The lowest BCUT2D eigenvalue weighted by molar-refractivity contribution is -0.137. The lowest BCUT2D eigenvalue weighted by Crippen LogP contribution is -2.44. The van der Waals surface area contributed by atoms with Gasteiger partial charge in [0.25, 0.3) is 0 Å². The molecule has 2 aliphatic rings. The van der Waals surface area contributed by atoms with E-state index in [-0.39, 0.29) is 24.2 Å². The highest BCUT2D eigenvalue weighted by Gasteiger charge is 2.43. The van der Waals surface area contributed by atoms with Crippen LogP contribution in [0.2, 0.25) is 0 Å². The van der Waals surface area contributed by atoms with Crippen LogP contribution in [-0.2, 0) is 10.2 Å². The Morgan fingerprint density at radius 3 is 2.66 bits per heavy atom. The molecule has 6 heteroatoms. The number of likely N-dealkylation sites (tertiary alicyclic amines) is 1. The van der Waals surface area contributed by atoms with E-state index >= 15 is 0 Å². The van der Waals surface area contributed by atoms with Crippen molar-refractivity contribution >= 4 is 18.4 Å². The highest BCUT2D eigenvalue weighted by atomic mass is 35.5. The first kappa shape index (κ1) is 24.4. The number of hydrogen-bond donors (Lipinski definition) is 1. The Labute approximate surface area is 197 Å². The van der Waals surface area contributed by atoms with Crippen LogP contribution in [0.5, 0.6) is 11.5 Å². The molecule has 32 heavy (non-hydrogen) atoms. The molecule has 1 fully saturated rings. The first-order valence-electron chi connectivity index (χ1n) is 11.4. The van der Waals surface area contributed by atoms with Crippen LogP contribution in [0.4, 0.5) is 0 Å². The van der Waals surface area contributed by atoms with Crippen molar-refractivity contribution in [1.82, 2.24) is 4.90 Å². The fourth-order valence-corrected chi connectivity index (χ4v) is 4.84. The zero-order chi connectivity index (χ0) is 21.7. The molecule has 1 saturated heterocycles. The number of hydrogen-bond acceptors (Lipinski definition) is 4. The fraction of sp³-hybridized carbons (Fsp3) is 0.500. The molecule has 174 valence electrons. The van der Waals surface area contributed by atoms with Gasteiger partial charge in [0.05, 0.1) is 19.6 Å². The molecule has 1 unspecified atom stereocenters. The Kier molecular flexibility index (Phi) is 8.44. The number of carboxylic acids is 1. The van der Waals surface area contributed by atoms with Crippen molar-refractivity contribution in [3.05, 3.63) is 59.7 Å². The first-order chi connectivity index (χ1) is 15.1. The Morgan fingerprint density at radius 1 is 1.19 bits per heavy atom. The van der Waals surface area contributed by atoms with Crippen LogP contribution in [0.1, 0.15) is 56.1 Å². The largest absolute Gasteiger partial charge is 0.493 e. The van der Waals surface area contributed by atoms with Crippen LogP contribution >= 0.6 is 12.4 Å². The number of halogens is 1. The van der Waals surface area contributed by atoms with Crippen LogP contribution in [0.15, 0.2) is 48.5 Å². The van der Waals surface area contributed by atoms with Gasteiger partial charge in [0.1, 0.15) is 11.5 Å². The minimum absolute atomic E-state index is 0. The summed E-state index contributed by atoms with van der Waals surface area (Å²) in [4.78, 5) is 13.1. The van der Waals surface area contributed by atoms with E-state index in [0.717, 1.165) is 50.3 Å². The minimum atomic E-state index is -0.725. The molecular weight excluding hydrogens is 426 g/mol. The summed E-state index contributed by atoms with van der Waals surface area (Å²) >= 11 is 0. The van der Waals surface area contributed by atoms with E-state index in [2.05, 4.69) is 54.3 Å². The average molecular weight is 460 g/mol. The maximum Gasteiger partial charge on any atom is 0.304 e. The number of carbonyl (C=O) groups is 1. The second kappa shape index (κ2) is 11.1. The molecule has 1 N–H and O–H groups in total. The third-order valence-corrected chi connectivity index (χ3v) is 6.90. The number of piperidine rings is 1. The molecule has 0 aliphatic carbocycles. The number of rotatable bonds is 9. The molecule has 1 spiro atoms. The number of carboxylic acid groups (broad SMARTS) is 1. The van der Waals surface area contributed by atoms with Gasteiger partial charge >= 0.3 is 5.97 Å². The molecule has 2 aliphatic heterocycles. The third-order valence-electron chi connectivity index (χ3n) is 6.90. The summed E-state index contributed by atoms with van der Waals surface area (Å²) in [5.74, 6) is 1.64. The standard InChI is InChI=1S/C26H33NO4.ClH/c1-20(21-7-3-2-4-8-21)6-5-17-30-22-9-10-23-24(18-22)31-19-26(23)12-15-27(16-13-26)14-11-25(28)29;/h2-4,7-10,18,20H,5-6,11-17,19H2,1H3,(H,28,29);1H.